The first-order valence-corrected chi connectivity index (χ1v) is 13.1. The molecule has 0 saturated carbocycles. The van der Waals surface area contributed by atoms with Crippen LogP contribution in [-0.4, -0.2) is 22.6 Å². The van der Waals surface area contributed by atoms with Crippen LogP contribution < -0.4 is 10.2 Å². The molecule has 0 spiro atoms. The molecule has 0 aliphatic carbocycles. The third-order valence-electron chi connectivity index (χ3n) is 6.07. The van der Waals surface area contributed by atoms with E-state index in [2.05, 4.69) is 5.32 Å². The standard InChI is InChI=1S/C29H23ClN2O3S/c30-23-13-10-21(11-14-23)19-32-25-18-22(28(33)31-17-16-20-6-2-1-3-7-20)12-15-27(25)36(35)26-9-5-4-8-24(26)29(32)34/h1-15,18H,16-17,19H2,(H,31,33)/t36-/m0/s1. The van der Waals surface area contributed by atoms with E-state index in [4.69, 9.17) is 11.6 Å². The monoisotopic (exact) mass is 514 g/mol. The number of rotatable bonds is 6. The first-order valence-electron chi connectivity index (χ1n) is 11.5. The second-order valence-corrected chi connectivity index (χ2v) is 10.3. The molecule has 180 valence electrons. The predicted molar refractivity (Wildman–Crippen MR) is 142 cm³/mol. The molecular formula is C29H23ClN2O3S. The highest BCUT2D eigenvalue weighted by atomic mass is 35.5. The maximum absolute atomic E-state index is 13.7. The SMILES string of the molecule is O=C(NCCc1ccccc1)c1ccc2c(c1)N(Cc1ccc(Cl)cc1)C(=O)c1ccccc1[S@@]2=O. The molecule has 1 aliphatic heterocycles. The average Bonchev–Trinajstić information content (AvgIpc) is 2.99. The van der Waals surface area contributed by atoms with Gasteiger partial charge in [-0.1, -0.05) is 66.2 Å². The molecule has 1 atom stereocenters. The van der Waals surface area contributed by atoms with Gasteiger partial charge in [-0.15, -0.1) is 0 Å². The second kappa shape index (κ2) is 10.5. The number of fused-ring (bicyclic) bond motifs is 2. The molecule has 5 nitrogen and oxygen atoms in total. The lowest BCUT2D eigenvalue weighted by atomic mass is 10.1. The van der Waals surface area contributed by atoms with E-state index in [1.807, 2.05) is 42.5 Å². The van der Waals surface area contributed by atoms with Crippen molar-refractivity contribution in [2.24, 2.45) is 0 Å². The van der Waals surface area contributed by atoms with Crippen molar-refractivity contribution in [3.8, 4) is 0 Å². The van der Waals surface area contributed by atoms with Crippen LogP contribution in [0.5, 0.6) is 0 Å². The minimum atomic E-state index is -1.58. The van der Waals surface area contributed by atoms with E-state index in [0.717, 1.165) is 11.1 Å². The van der Waals surface area contributed by atoms with Gasteiger partial charge in [-0.25, -0.2) is 4.21 Å². The minimum Gasteiger partial charge on any atom is -0.352 e. The maximum atomic E-state index is 13.7. The van der Waals surface area contributed by atoms with Crippen molar-refractivity contribution in [3.63, 3.8) is 0 Å². The highest BCUT2D eigenvalue weighted by Crippen LogP contribution is 2.36. The van der Waals surface area contributed by atoms with Gasteiger partial charge in [0.2, 0.25) is 0 Å². The summed E-state index contributed by atoms with van der Waals surface area (Å²) in [5.74, 6) is -0.519. The first kappa shape index (κ1) is 24.0. The molecule has 0 fully saturated rings. The van der Waals surface area contributed by atoms with Gasteiger partial charge in [0, 0.05) is 17.1 Å². The van der Waals surface area contributed by atoms with Crippen molar-refractivity contribution >= 4 is 39.9 Å². The van der Waals surface area contributed by atoms with Crippen LogP contribution in [0.3, 0.4) is 0 Å². The number of carbonyl (C=O) groups is 2. The van der Waals surface area contributed by atoms with Crippen LogP contribution in [0.1, 0.15) is 31.8 Å². The van der Waals surface area contributed by atoms with E-state index in [1.54, 1.807) is 59.5 Å². The number of halogens is 1. The Bertz CT molecular complexity index is 1460. The van der Waals surface area contributed by atoms with Gasteiger partial charge in [0.1, 0.15) is 0 Å². The average molecular weight is 515 g/mol. The third-order valence-corrected chi connectivity index (χ3v) is 7.82. The van der Waals surface area contributed by atoms with Crippen molar-refractivity contribution in [2.75, 3.05) is 11.4 Å². The van der Waals surface area contributed by atoms with Crippen LogP contribution in [0.25, 0.3) is 0 Å². The second-order valence-electron chi connectivity index (χ2n) is 8.46. The first-order chi connectivity index (χ1) is 17.5. The Labute approximate surface area is 217 Å². The minimum absolute atomic E-state index is 0.244. The molecule has 0 radical (unpaired) electrons. The van der Waals surface area contributed by atoms with Crippen LogP contribution in [0, 0.1) is 0 Å². The molecule has 1 heterocycles. The highest BCUT2D eigenvalue weighted by Gasteiger charge is 2.31. The zero-order chi connectivity index (χ0) is 25.1. The molecule has 0 unspecified atom stereocenters. The van der Waals surface area contributed by atoms with Crippen molar-refractivity contribution in [3.05, 3.63) is 124 Å². The summed E-state index contributed by atoms with van der Waals surface area (Å²) in [6.07, 6.45) is 0.706. The summed E-state index contributed by atoms with van der Waals surface area (Å²) in [4.78, 5) is 29.2. The van der Waals surface area contributed by atoms with Crippen molar-refractivity contribution in [1.29, 1.82) is 0 Å². The molecule has 1 N–H and O–H groups in total. The third kappa shape index (κ3) is 4.96. The summed E-state index contributed by atoms with van der Waals surface area (Å²) in [6.45, 7) is 0.721. The Kier molecular flexibility index (Phi) is 6.98. The molecule has 5 rings (SSSR count). The highest BCUT2D eigenvalue weighted by molar-refractivity contribution is 7.85. The summed E-state index contributed by atoms with van der Waals surface area (Å²) in [7, 11) is -1.58. The van der Waals surface area contributed by atoms with Crippen LogP contribution in [0.2, 0.25) is 5.02 Å². The van der Waals surface area contributed by atoms with Crippen LogP contribution in [0.4, 0.5) is 5.69 Å². The Morgan fingerprint density at radius 3 is 2.33 bits per heavy atom. The zero-order valence-electron chi connectivity index (χ0n) is 19.3. The lowest BCUT2D eigenvalue weighted by molar-refractivity contribution is 0.0950. The van der Waals surface area contributed by atoms with Gasteiger partial charge in [-0.3, -0.25) is 9.59 Å². The Balaban J connectivity index is 1.48. The normalized spacial score (nSPS) is 14.5. The predicted octanol–water partition coefficient (Wildman–Crippen LogP) is 5.64. The summed E-state index contributed by atoms with van der Waals surface area (Å²) in [5, 5.41) is 3.55. The summed E-state index contributed by atoms with van der Waals surface area (Å²) in [5.41, 5.74) is 3.24. The molecule has 0 aromatic heterocycles. The van der Waals surface area contributed by atoms with E-state index in [1.165, 1.54) is 0 Å². The number of benzene rings is 4. The lowest BCUT2D eigenvalue weighted by Gasteiger charge is -2.23. The van der Waals surface area contributed by atoms with E-state index < -0.39 is 10.8 Å². The fourth-order valence-corrected chi connectivity index (χ4v) is 5.67. The largest absolute Gasteiger partial charge is 0.352 e. The fraction of sp³-hybridized carbons (Fsp3) is 0.103. The number of carbonyl (C=O) groups excluding carboxylic acids is 2. The molecule has 0 bridgehead atoms. The van der Waals surface area contributed by atoms with Crippen molar-refractivity contribution in [1.82, 2.24) is 5.32 Å². The van der Waals surface area contributed by atoms with E-state index >= 15 is 0 Å². The maximum Gasteiger partial charge on any atom is 0.259 e. The molecule has 4 aromatic carbocycles. The number of nitrogens with zero attached hydrogens (tertiary/aromatic N) is 1. The Morgan fingerprint density at radius 1 is 0.833 bits per heavy atom. The van der Waals surface area contributed by atoms with Gasteiger partial charge < -0.3 is 10.2 Å². The molecule has 7 heteroatoms. The number of hydrogen-bond donors (Lipinski definition) is 1. The number of nitrogens with one attached hydrogen (secondary N) is 1. The fourth-order valence-electron chi connectivity index (χ4n) is 4.20. The van der Waals surface area contributed by atoms with E-state index in [9.17, 15) is 13.8 Å². The van der Waals surface area contributed by atoms with Crippen LogP contribution >= 0.6 is 11.6 Å². The molecule has 36 heavy (non-hydrogen) atoms. The molecule has 0 saturated heterocycles. The molecule has 1 aliphatic rings. The van der Waals surface area contributed by atoms with Crippen molar-refractivity contribution in [2.45, 2.75) is 22.8 Å². The Morgan fingerprint density at radius 2 is 1.56 bits per heavy atom. The number of amides is 2. The number of anilines is 1. The smallest absolute Gasteiger partial charge is 0.259 e. The van der Waals surface area contributed by atoms with Gasteiger partial charge >= 0.3 is 0 Å². The summed E-state index contributed by atoms with van der Waals surface area (Å²) < 4.78 is 13.5. The van der Waals surface area contributed by atoms with E-state index in [0.29, 0.717) is 44.6 Å². The van der Waals surface area contributed by atoms with Crippen LogP contribution in [-0.2, 0) is 23.8 Å². The number of hydrogen-bond acceptors (Lipinski definition) is 3. The lowest BCUT2D eigenvalue weighted by Crippen LogP contribution is -2.31. The molecule has 2 amide bonds. The molecular weight excluding hydrogens is 492 g/mol. The van der Waals surface area contributed by atoms with E-state index in [-0.39, 0.29) is 18.4 Å². The molecule has 4 aromatic rings. The zero-order valence-corrected chi connectivity index (χ0v) is 20.9. The van der Waals surface area contributed by atoms with Crippen molar-refractivity contribution < 1.29 is 13.8 Å². The summed E-state index contributed by atoms with van der Waals surface area (Å²) >= 11 is 6.05. The van der Waals surface area contributed by atoms with Crippen LogP contribution in [0.15, 0.2) is 107 Å². The van der Waals surface area contributed by atoms with Gasteiger partial charge in [-0.05, 0) is 60.0 Å². The summed E-state index contributed by atoms with van der Waals surface area (Å²) in [6, 6.07) is 29.1. The topological polar surface area (TPSA) is 66.5 Å². The van der Waals surface area contributed by atoms with Gasteiger partial charge in [0.15, 0.2) is 0 Å². The van der Waals surface area contributed by atoms with Gasteiger partial charge in [-0.2, -0.15) is 0 Å². The van der Waals surface area contributed by atoms with Gasteiger partial charge in [0.25, 0.3) is 11.8 Å². The van der Waals surface area contributed by atoms with Gasteiger partial charge in [0.05, 0.1) is 38.4 Å². The Hall–Kier alpha value is -3.74. The quantitative estimate of drug-likeness (QED) is 0.362.